The number of aliphatic imine (C=N–C) groups is 1. The normalized spacial score (nSPS) is 23.1. The molecule has 1 aliphatic carbocycles. The molecule has 1 aliphatic heterocycles. The van der Waals surface area contributed by atoms with Crippen molar-refractivity contribution >= 4 is 22.6 Å². The summed E-state index contributed by atoms with van der Waals surface area (Å²) in [5.41, 5.74) is 0.482. The molecule has 2 nitrogen and oxygen atoms in total. The minimum Gasteiger partial charge on any atom is -0.332 e. The van der Waals surface area contributed by atoms with Crippen LogP contribution in [0.2, 0.25) is 0 Å². The number of halogens is 2. The maximum Gasteiger partial charge on any atom is 0.161 e. The predicted molar refractivity (Wildman–Crippen MR) is 71.1 cm³/mol. The van der Waals surface area contributed by atoms with E-state index in [1.807, 2.05) is 0 Å². The molecule has 0 aromatic heterocycles. The number of benzene rings is 1. The van der Waals surface area contributed by atoms with Gasteiger partial charge in [-0.05, 0) is 37.3 Å². The fourth-order valence-electron chi connectivity index (χ4n) is 2.03. The Hall–Kier alpha value is -1.10. The second kappa shape index (κ2) is 4.53. The first-order valence-corrected chi connectivity index (χ1v) is 6.95. The average Bonchev–Trinajstić information content (AvgIpc) is 3.07. The quantitative estimate of drug-likeness (QED) is 0.886. The highest BCUT2D eigenvalue weighted by atomic mass is 32.2. The van der Waals surface area contributed by atoms with Crippen molar-refractivity contribution in [1.29, 1.82) is 0 Å². The molecule has 1 saturated carbocycles. The summed E-state index contributed by atoms with van der Waals surface area (Å²) >= 11 is 1.64. The molecule has 1 aromatic rings. The van der Waals surface area contributed by atoms with Crippen LogP contribution in [0.15, 0.2) is 17.1 Å². The Morgan fingerprint density at radius 1 is 1.28 bits per heavy atom. The number of anilines is 1. The van der Waals surface area contributed by atoms with Crippen molar-refractivity contribution in [2.75, 3.05) is 11.9 Å². The van der Waals surface area contributed by atoms with E-state index in [0.29, 0.717) is 16.0 Å². The van der Waals surface area contributed by atoms with E-state index in [-0.39, 0.29) is 5.69 Å². The molecule has 2 aliphatic rings. The van der Waals surface area contributed by atoms with E-state index in [1.54, 1.807) is 18.7 Å². The highest BCUT2D eigenvalue weighted by molar-refractivity contribution is 8.15. The molecule has 96 valence electrons. The van der Waals surface area contributed by atoms with Crippen molar-refractivity contribution in [1.82, 2.24) is 0 Å². The fourth-order valence-corrected chi connectivity index (χ4v) is 3.25. The van der Waals surface area contributed by atoms with Crippen LogP contribution in [0, 0.1) is 24.5 Å². The minimum absolute atomic E-state index is 0.167. The Bertz CT molecular complexity index is 512. The largest absolute Gasteiger partial charge is 0.332 e. The molecule has 3 rings (SSSR count). The third kappa shape index (κ3) is 2.36. The van der Waals surface area contributed by atoms with Gasteiger partial charge in [-0.25, -0.2) is 8.78 Å². The number of aryl methyl sites for hydroxylation is 1. The van der Waals surface area contributed by atoms with Gasteiger partial charge in [-0.15, -0.1) is 0 Å². The molecule has 5 heteroatoms. The van der Waals surface area contributed by atoms with Crippen molar-refractivity contribution < 1.29 is 8.78 Å². The second-order valence-electron chi connectivity index (χ2n) is 4.85. The topological polar surface area (TPSA) is 24.4 Å². The van der Waals surface area contributed by atoms with E-state index in [0.717, 1.165) is 12.5 Å². The first-order chi connectivity index (χ1) is 8.63. The number of thioether (sulfide) groups is 1. The monoisotopic (exact) mass is 268 g/mol. The smallest absolute Gasteiger partial charge is 0.161 e. The summed E-state index contributed by atoms with van der Waals surface area (Å²) in [6.45, 7) is 2.33. The summed E-state index contributed by atoms with van der Waals surface area (Å²) < 4.78 is 27.1. The Morgan fingerprint density at radius 2 is 2.06 bits per heavy atom. The van der Waals surface area contributed by atoms with Gasteiger partial charge in [0.15, 0.2) is 5.17 Å². The second-order valence-corrected chi connectivity index (χ2v) is 6.07. The van der Waals surface area contributed by atoms with Crippen LogP contribution in [0.25, 0.3) is 0 Å². The SMILES string of the molecule is Cc1cc(F)c(NC2=NCC(C3CC3)S2)cc1F. The lowest BCUT2D eigenvalue weighted by Crippen LogP contribution is -2.10. The van der Waals surface area contributed by atoms with Gasteiger partial charge in [-0.1, -0.05) is 11.8 Å². The molecule has 1 aromatic carbocycles. The number of nitrogens with one attached hydrogen (secondary N) is 1. The average molecular weight is 268 g/mol. The van der Waals surface area contributed by atoms with Crippen molar-refractivity contribution in [3.05, 3.63) is 29.3 Å². The zero-order valence-corrected chi connectivity index (χ0v) is 10.9. The summed E-state index contributed by atoms with van der Waals surface area (Å²) in [5, 5.41) is 4.11. The van der Waals surface area contributed by atoms with E-state index in [2.05, 4.69) is 10.3 Å². The van der Waals surface area contributed by atoms with Gasteiger partial charge in [0.05, 0.1) is 12.2 Å². The number of hydrogen-bond acceptors (Lipinski definition) is 3. The first-order valence-electron chi connectivity index (χ1n) is 6.07. The van der Waals surface area contributed by atoms with Crippen LogP contribution in [0.4, 0.5) is 14.5 Å². The van der Waals surface area contributed by atoms with Crippen molar-refractivity contribution in [3.8, 4) is 0 Å². The van der Waals surface area contributed by atoms with Crippen LogP contribution in [-0.2, 0) is 0 Å². The minimum atomic E-state index is -0.438. The molecule has 1 N–H and O–H groups in total. The van der Waals surface area contributed by atoms with Gasteiger partial charge < -0.3 is 5.32 Å². The Balaban J connectivity index is 1.71. The Morgan fingerprint density at radius 3 is 2.78 bits per heavy atom. The van der Waals surface area contributed by atoms with Crippen LogP contribution in [0.3, 0.4) is 0 Å². The molecule has 18 heavy (non-hydrogen) atoms. The number of rotatable bonds is 2. The molecular formula is C13H14F2N2S. The predicted octanol–water partition coefficient (Wildman–Crippen LogP) is 3.57. The van der Waals surface area contributed by atoms with Gasteiger partial charge >= 0.3 is 0 Å². The Kier molecular flexibility index (Phi) is 3.01. The molecule has 1 heterocycles. The van der Waals surface area contributed by atoms with Crippen molar-refractivity contribution in [2.24, 2.45) is 10.9 Å². The summed E-state index contributed by atoms with van der Waals surface area (Å²) in [4.78, 5) is 4.35. The highest BCUT2D eigenvalue weighted by Gasteiger charge is 2.35. The molecule has 1 atom stereocenters. The third-order valence-corrected chi connectivity index (χ3v) is 4.61. The van der Waals surface area contributed by atoms with E-state index in [9.17, 15) is 8.78 Å². The maximum absolute atomic E-state index is 13.7. The van der Waals surface area contributed by atoms with E-state index < -0.39 is 11.6 Å². The lowest BCUT2D eigenvalue weighted by Gasteiger charge is -2.09. The lowest BCUT2D eigenvalue weighted by atomic mass is 10.2. The molecule has 0 radical (unpaired) electrons. The summed E-state index contributed by atoms with van der Waals surface area (Å²) in [5.74, 6) is -0.0778. The summed E-state index contributed by atoms with van der Waals surface area (Å²) in [6.07, 6.45) is 2.54. The van der Waals surface area contributed by atoms with Gasteiger partial charge in [0.2, 0.25) is 0 Å². The van der Waals surface area contributed by atoms with Crippen LogP contribution in [0.5, 0.6) is 0 Å². The molecule has 0 amide bonds. The standard InChI is InChI=1S/C13H14F2N2S/c1-7-4-10(15)11(5-9(7)14)17-13-16-6-12(18-13)8-2-3-8/h4-5,8,12H,2-3,6H2,1H3,(H,16,17). The fraction of sp³-hybridized carbons (Fsp3) is 0.462. The van der Waals surface area contributed by atoms with E-state index in [1.165, 1.54) is 25.0 Å². The lowest BCUT2D eigenvalue weighted by molar-refractivity contribution is 0.596. The van der Waals surface area contributed by atoms with Crippen LogP contribution in [0.1, 0.15) is 18.4 Å². The zero-order valence-electron chi connectivity index (χ0n) is 10.0. The zero-order chi connectivity index (χ0) is 12.7. The molecule has 0 spiro atoms. The summed E-state index contributed by atoms with van der Waals surface area (Å²) in [6, 6.07) is 2.40. The molecule has 1 fully saturated rings. The molecule has 1 unspecified atom stereocenters. The van der Waals surface area contributed by atoms with Gasteiger partial charge in [-0.2, -0.15) is 0 Å². The summed E-state index contributed by atoms with van der Waals surface area (Å²) in [7, 11) is 0. The molecule has 0 bridgehead atoms. The Labute approximate surface area is 109 Å². The number of hydrogen-bond donors (Lipinski definition) is 1. The van der Waals surface area contributed by atoms with Crippen LogP contribution < -0.4 is 5.32 Å². The maximum atomic E-state index is 13.7. The van der Waals surface area contributed by atoms with Crippen molar-refractivity contribution in [3.63, 3.8) is 0 Å². The van der Waals surface area contributed by atoms with Gasteiger partial charge in [0.1, 0.15) is 11.6 Å². The van der Waals surface area contributed by atoms with Gasteiger partial charge in [0, 0.05) is 11.3 Å². The first kappa shape index (κ1) is 12.0. The van der Waals surface area contributed by atoms with Gasteiger partial charge in [-0.3, -0.25) is 4.99 Å². The van der Waals surface area contributed by atoms with E-state index in [4.69, 9.17) is 0 Å². The third-order valence-electron chi connectivity index (χ3n) is 3.32. The van der Waals surface area contributed by atoms with Crippen LogP contribution >= 0.6 is 11.8 Å². The molecule has 0 saturated heterocycles. The molecular weight excluding hydrogens is 254 g/mol. The van der Waals surface area contributed by atoms with Crippen molar-refractivity contribution in [2.45, 2.75) is 25.0 Å². The van der Waals surface area contributed by atoms with Crippen LogP contribution in [-0.4, -0.2) is 17.0 Å². The number of nitrogens with zero attached hydrogens (tertiary/aromatic N) is 1. The highest BCUT2D eigenvalue weighted by Crippen LogP contribution is 2.42. The van der Waals surface area contributed by atoms with Gasteiger partial charge in [0.25, 0.3) is 0 Å². The number of amidine groups is 1. The van der Waals surface area contributed by atoms with E-state index >= 15 is 0 Å².